The van der Waals surface area contributed by atoms with Gasteiger partial charge in [0.1, 0.15) is 5.60 Å². The van der Waals surface area contributed by atoms with E-state index in [-0.39, 0.29) is 18.2 Å². The molecule has 2 aliphatic rings. The van der Waals surface area contributed by atoms with Crippen molar-refractivity contribution >= 4 is 6.09 Å². The first-order valence-corrected chi connectivity index (χ1v) is 9.40. The van der Waals surface area contributed by atoms with Crippen LogP contribution in [0, 0.1) is 13.8 Å². The molecule has 4 nitrogen and oxygen atoms in total. The van der Waals surface area contributed by atoms with Crippen LogP contribution in [-0.4, -0.2) is 33.8 Å². The first-order valence-electron chi connectivity index (χ1n) is 9.40. The Bertz CT molecular complexity index is 648. The van der Waals surface area contributed by atoms with Crippen LogP contribution in [0.5, 0.6) is 0 Å². The number of piperidine rings is 2. The van der Waals surface area contributed by atoms with Crippen molar-refractivity contribution in [3.8, 4) is 0 Å². The molecule has 0 aromatic heterocycles. The molecule has 4 heteroatoms. The number of benzene rings is 1. The molecule has 2 atom stereocenters. The van der Waals surface area contributed by atoms with E-state index in [1.54, 1.807) is 0 Å². The highest BCUT2D eigenvalue weighted by Crippen LogP contribution is 2.45. The number of hydrogen-bond acceptors (Lipinski definition) is 3. The minimum absolute atomic E-state index is 0.0500. The van der Waals surface area contributed by atoms with Gasteiger partial charge in [0.25, 0.3) is 0 Å². The lowest BCUT2D eigenvalue weighted by Gasteiger charge is -2.52. The van der Waals surface area contributed by atoms with Gasteiger partial charge in [0, 0.05) is 24.9 Å². The topological polar surface area (TPSA) is 49.8 Å². The Hall–Kier alpha value is -1.55. The second kappa shape index (κ2) is 6.31. The molecule has 1 aromatic rings. The standard InChI is InChI=1S/C21H31NO3/c1-14-9-10-16(11-15(14)2)21(24)12-17-7-6-8-18(13-21)22(17)19(23)25-20(3,4)5/h9-11,17-18,24H,6-8,12-13H2,1-5H3. The van der Waals surface area contributed by atoms with Crippen LogP contribution in [0.2, 0.25) is 0 Å². The van der Waals surface area contributed by atoms with Crippen molar-refractivity contribution in [1.82, 2.24) is 4.90 Å². The third-order valence-corrected chi connectivity index (χ3v) is 5.66. The normalized spacial score (nSPS) is 29.4. The van der Waals surface area contributed by atoms with Crippen molar-refractivity contribution in [3.05, 3.63) is 34.9 Å². The predicted octanol–water partition coefficient (Wildman–Crippen LogP) is 4.44. The highest BCUT2D eigenvalue weighted by Gasteiger charge is 2.49. The summed E-state index contributed by atoms with van der Waals surface area (Å²) in [6.07, 6.45) is 3.92. The number of aliphatic hydroxyl groups is 1. The average molecular weight is 345 g/mol. The molecule has 138 valence electrons. The lowest BCUT2D eigenvalue weighted by molar-refractivity contribution is -0.0965. The van der Waals surface area contributed by atoms with Gasteiger partial charge in [0.2, 0.25) is 0 Å². The van der Waals surface area contributed by atoms with Crippen LogP contribution in [0.15, 0.2) is 18.2 Å². The lowest BCUT2D eigenvalue weighted by atomic mass is 9.72. The summed E-state index contributed by atoms with van der Waals surface area (Å²) in [7, 11) is 0. The summed E-state index contributed by atoms with van der Waals surface area (Å²) >= 11 is 0. The van der Waals surface area contributed by atoms with E-state index in [9.17, 15) is 9.90 Å². The van der Waals surface area contributed by atoms with Gasteiger partial charge in [-0.3, -0.25) is 0 Å². The zero-order chi connectivity index (χ0) is 18.4. The highest BCUT2D eigenvalue weighted by atomic mass is 16.6. The quantitative estimate of drug-likeness (QED) is 0.818. The molecule has 0 spiro atoms. The van der Waals surface area contributed by atoms with Gasteiger partial charge < -0.3 is 14.7 Å². The van der Waals surface area contributed by atoms with Crippen LogP contribution in [0.4, 0.5) is 4.79 Å². The van der Waals surface area contributed by atoms with Crippen LogP contribution >= 0.6 is 0 Å². The van der Waals surface area contributed by atoms with E-state index in [4.69, 9.17) is 4.74 Å². The molecule has 1 aromatic carbocycles. The molecule has 3 rings (SSSR count). The van der Waals surface area contributed by atoms with Crippen molar-refractivity contribution in [3.63, 3.8) is 0 Å². The highest BCUT2D eigenvalue weighted by molar-refractivity contribution is 5.69. The van der Waals surface area contributed by atoms with Gasteiger partial charge in [-0.2, -0.15) is 0 Å². The Morgan fingerprint density at radius 3 is 2.28 bits per heavy atom. The molecule has 2 saturated heterocycles. The fourth-order valence-corrected chi connectivity index (χ4v) is 4.31. The third kappa shape index (κ3) is 3.69. The molecular formula is C21H31NO3. The van der Waals surface area contributed by atoms with Gasteiger partial charge in [0.15, 0.2) is 0 Å². The SMILES string of the molecule is Cc1ccc(C2(O)CC3CCCC(C2)N3C(=O)OC(C)(C)C)cc1C. The Morgan fingerprint density at radius 1 is 1.16 bits per heavy atom. The van der Waals surface area contributed by atoms with E-state index in [1.165, 1.54) is 11.1 Å². The number of aryl methyl sites for hydroxylation is 2. The number of ether oxygens (including phenoxy) is 1. The Morgan fingerprint density at radius 2 is 1.76 bits per heavy atom. The fourth-order valence-electron chi connectivity index (χ4n) is 4.31. The Labute approximate surface area is 151 Å². The Balaban J connectivity index is 1.85. The van der Waals surface area contributed by atoms with E-state index in [2.05, 4.69) is 26.0 Å². The van der Waals surface area contributed by atoms with Crippen molar-refractivity contribution in [2.24, 2.45) is 0 Å². The van der Waals surface area contributed by atoms with Crippen LogP contribution < -0.4 is 0 Å². The summed E-state index contributed by atoms with van der Waals surface area (Å²) in [5, 5.41) is 11.4. The smallest absolute Gasteiger partial charge is 0.410 e. The second-order valence-corrected chi connectivity index (χ2v) is 8.87. The zero-order valence-corrected chi connectivity index (χ0v) is 16.1. The van der Waals surface area contributed by atoms with Crippen molar-refractivity contribution in [2.75, 3.05) is 0 Å². The van der Waals surface area contributed by atoms with Crippen LogP contribution in [0.3, 0.4) is 0 Å². The summed E-state index contributed by atoms with van der Waals surface area (Å²) < 4.78 is 5.63. The van der Waals surface area contributed by atoms with E-state index in [1.807, 2.05) is 31.7 Å². The van der Waals surface area contributed by atoms with E-state index < -0.39 is 11.2 Å². The number of carbonyl (C=O) groups excluding carboxylic acids is 1. The van der Waals surface area contributed by atoms with Crippen LogP contribution in [-0.2, 0) is 10.3 Å². The number of fused-ring (bicyclic) bond motifs is 2. The van der Waals surface area contributed by atoms with Crippen molar-refractivity contribution in [2.45, 2.75) is 90.0 Å². The molecular weight excluding hydrogens is 314 g/mol. The molecule has 2 bridgehead atoms. The van der Waals surface area contributed by atoms with E-state index >= 15 is 0 Å². The fraction of sp³-hybridized carbons (Fsp3) is 0.667. The maximum atomic E-state index is 12.7. The lowest BCUT2D eigenvalue weighted by Crippen LogP contribution is -2.59. The minimum Gasteiger partial charge on any atom is -0.444 e. The van der Waals surface area contributed by atoms with Gasteiger partial charge in [-0.25, -0.2) is 4.79 Å². The van der Waals surface area contributed by atoms with Gasteiger partial charge in [0.05, 0.1) is 5.60 Å². The summed E-state index contributed by atoms with van der Waals surface area (Å²) in [5.41, 5.74) is 2.07. The summed E-state index contributed by atoms with van der Waals surface area (Å²) in [6, 6.07) is 6.33. The molecule has 1 amide bonds. The number of rotatable bonds is 1. The summed E-state index contributed by atoms with van der Waals surface area (Å²) in [4.78, 5) is 14.6. The summed E-state index contributed by atoms with van der Waals surface area (Å²) in [5.74, 6) is 0. The van der Waals surface area contributed by atoms with Crippen LogP contribution in [0.25, 0.3) is 0 Å². The molecule has 2 heterocycles. The minimum atomic E-state index is -0.854. The third-order valence-electron chi connectivity index (χ3n) is 5.66. The van der Waals surface area contributed by atoms with Gasteiger partial charge in [-0.1, -0.05) is 18.2 Å². The number of carbonyl (C=O) groups is 1. The zero-order valence-electron chi connectivity index (χ0n) is 16.1. The first kappa shape index (κ1) is 18.2. The molecule has 2 aliphatic heterocycles. The number of nitrogens with zero attached hydrogens (tertiary/aromatic N) is 1. The molecule has 1 N–H and O–H groups in total. The largest absolute Gasteiger partial charge is 0.444 e. The van der Waals surface area contributed by atoms with Crippen molar-refractivity contribution < 1.29 is 14.6 Å². The van der Waals surface area contributed by atoms with Crippen molar-refractivity contribution in [1.29, 1.82) is 0 Å². The van der Waals surface area contributed by atoms with Gasteiger partial charge in [-0.15, -0.1) is 0 Å². The van der Waals surface area contributed by atoms with Gasteiger partial charge in [-0.05, 0) is 70.6 Å². The molecule has 0 aliphatic carbocycles. The first-order chi connectivity index (χ1) is 11.6. The average Bonchev–Trinajstić information content (AvgIpc) is 2.47. The second-order valence-electron chi connectivity index (χ2n) is 8.87. The molecule has 0 saturated carbocycles. The predicted molar refractivity (Wildman–Crippen MR) is 98.5 cm³/mol. The number of amides is 1. The van der Waals surface area contributed by atoms with E-state index in [0.717, 1.165) is 24.8 Å². The van der Waals surface area contributed by atoms with E-state index in [0.29, 0.717) is 12.8 Å². The Kier molecular flexibility index (Phi) is 4.61. The molecule has 2 unspecified atom stereocenters. The van der Waals surface area contributed by atoms with Gasteiger partial charge >= 0.3 is 6.09 Å². The van der Waals surface area contributed by atoms with Crippen LogP contribution in [0.1, 0.15) is 69.6 Å². The molecule has 2 fully saturated rings. The molecule has 0 radical (unpaired) electrons. The summed E-state index contributed by atoms with van der Waals surface area (Å²) in [6.45, 7) is 9.87. The maximum absolute atomic E-state index is 12.7. The maximum Gasteiger partial charge on any atom is 0.410 e. The molecule has 25 heavy (non-hydrogen) atoms. The monoisotopic (exact) mass is 345 g/mol. The number of hydrogen-bond donors (Lipinski definition) is 1.